The smallest absolute Gasteiger partial charge is 0.271 e. The van der Waals surface area contributed by atoms with Gasteiger partial charge < -0.3 is 4.74 Å². The van der Waals surface area contributed by atoms with E-state index in [2.05, 4.69) is 36.7 Å². The number of nitrogens with two attached hydrogens (primary N) is 1. The number of ether oxygens (including phenoxy) is 1. The molecule has 0 spiro atoms. The first-order valence-corrected chi connectivity index (χ1v) is 6.54. The zero-order chi connectivity index (χ0) is 13.9. The van der Waals surface area contributed by atoms with Gasteiger partial charge in [0.05, 0.1) is 9.50 Å². The van der Waals surface area contributed by atoms with Gasteiger partial charge in [-0.15, -0.1) is 0 Å². The molecule has 0 fully saturated rings. The number of carbonyl (C=O) groups excluding carboxylic acids is 1. The Morgan fingerprint density at radius 3 is 2.56 bits per heavy atom. The minimum Gasteiger partial charge on any atom is -0.481 e. The SMILES string of the molecule is CC(C)(C)c1cc(Cl)c(OCC(=O)NN)c(Br)c1. The lowest BCUT2D eigenvalue weighted by atomic mass is 9.87. The lowest BCUT2D eigenvalue weighted by molar-refractivity contribution is -0.123. The standard InChI is InChI=1S/C12H16BrClN2O2/c1-12(2,3)7-4-8(13)11(9(14)5-7)18-6-10(17)16-15/h4-5H,6,15H2,1-3H3,(H,16,17). The fourth-order valence-corrected chi connectivity index (χ4v) is 2.27. The number of hydrogen-bond acceptors (Lipinski definition) is 3. The first-order chi connectivity index (χ1) is 8.25. The summed E-state index contributed by atoms with van der Waals surface area (Å²) < 4.78 is 6.03. The maximum absolute atomic E-state index is 11.0. The molecule has 0 aliphatic heterocycles. The Morgan fingerprint density at radius 1 is 1.50 bits per heavy atom. The number of halogens is 2. The van der Waals surface area contributed by atoms with E-state index < -0.39 is 5.91 Å². The molecule has 3 N–H and O–H groups in total. The second-order valence-corrected chi connectivity index (χ2v) is 6.14. The largest absolute Gasteiger partial charge is 0.481 e. The molecule has 0 bridgehead atoms. The summed E-state index contributed by atoms with van der Waals surface area (Å²) in [5, 5.41) is 0.458. The fourth-order valence-electron chi connectivity index (χ4n) is 1.31. The van der Waals surface area contributed by atoms with Crippen LogP contribution in [0.25, 0.3) is 0 Å². The molecule has 100 valence electrons. The van der Waals surface area contributed by atoms with Gasteiger partial charge in [0.25, 0.3) is 5.91 Å². The number of nitrogens with one attached hydrogen (secondary N) is 1. The molecule has 1 amide bonds. The minimum atomic E-state index is -0.419. The molecule has 4 nitrogen and oxygen atoms in total. The van der Waals surface area contributed by atoms with Crippen LogP contribution in [-0.4, -0.2) is 12.5 Å². The average Bonchev–Trinajstić information content (AvgIpc) is 2.26. The number of hydrazine groups is 1. The van der Waals surface area contributed by atoms with Crippen molar-refractivity contribution >= 4 is 33.4 Å². The molecule has 0 aliphatic carbocycles. The summed E-state index contributed by atoms with van der Waals surface area (Å²) in [7, 11) is 0. The van der Waals surface area contributed by atoms with E-state index >= 15 is 0 Å². The van der Waals surface area contributed by atoms with Gasteiger partial charge in [0, 0.05) is 0 Å². The zero-order valence-electron chi connectivity index (χ0n) is 10.5. The van der Waals surface area contributed by atoms with Gasteiger partial charge in [-0.25, -0.2) is 5.84 Å². The molecular weight excluding hydrogens is 320 g/mol. The Kier molecular flexibility index (Phi) is 5.01. The van der Waals surface area contributed by atoms with Crippen LogP contribution < -0.4 is 16.0 Å². The zero-order valence-corrected chi connectivity index (χ0v) is 12.9. The van der Waals surface area contributed by atoms with Crippen molar-refractivity contribution in [3.63, 3.8) is 0 Å². The molecule has 0 atom stereocenters. The van der Waals surface area contributed by atoms with E-state index in [0.717, 1.165) is 5.56 Å². The molecular formula is C12H16BrClN2O2. The predicted molar refractivity (Wildman–Crippen MR) is 75.7 cm³/mol. The summed E-state index contributed by atoms with van der Waals surface area (Å²) in [5.41, 5.74) is 3.05. The Bertz CT molecular complexity index is 435. The normalized spacial score (nSPS) is 11.2. The quantitative estimate of drug-likeness (QED) is 0.507. The summed E-state index contributed by atoms with van der Waals surface area (Å²) in [6, 6.07) is 3.77. The van der Waals surface area contributed by atoms with Gasteiger partial charge in [-0.1, -0.05) is 32.4 Å². The number of carbonyl (C=O) groups is 1. The maximum atomic E-state index is 11.0. The predicted octanol–water partition coefficient (Wildman–Crippen LogP) is 2.77. The molecule has 1 aromatic carbocycles. The van der Waals surface area contributed by atoms with Crippen LogP contribution in [0.1, 0.15) is 26.3 Å². The average molecular weight is 336 g/mol. The second kappa shape index (κ2) is 5.91. The van der Waals surface area contributed by atoms with E-state index in [1.807, 2.05) is 17.6 Å². The van der Waals surface area contributed by atoms with Crippen molar-refractivity contribution in [1.82, 2.24) is 5.43 Å². The summed E-state index contributed by atoms with van der Waals surface area (Å²) in [4.78, 5) is 11.0. The van der Waals surface area contributed by atoms with Crippen molar-refractivity contribution in [2.75, 3.05) is 6.61 Å². The van der Waals surface area contributed by atoms with Gasteiger partial charge in [0.2, 0.25) is 0 Å². The van der Waals surface area contributed by atoms with Gasteiger partial charge >= 0.3 is 0 Å². The van der Waals surface area contributed by atoms with Crippen LogP contribution in [0, 0.1) is 0 Å². The fraction of sp³-hybridized carbons (Fsp3) is 0.417. The third-order valence-electron chi connectivity index (χ3n) is 2.37. The molecule has 0 radical (unpaired) electrons. The molecule has 0 saturated carbocycles. The summed E-state index contributed by atoms with van der Waals surface area (Å²) >= 11 is 9.54. The molecule has 0 aromatic heterocycles. The second-order valence-electron chi connectivity index (χ2n) is 4.88. The van der Waals surface area contributed by atoms with Crippen molar-refractivity contribution < 1.29 is 9.53 Å². The van der Waals surface area contributed by atoms with E-state index in [1.165, 1.54) is 0 Å². The van der Waals surface area contributed by atoms with Gasteiger partial charge in [-0.3, -0.25) is 10.2 Å². The highest BCUT2D eigenvalue weighted by Crippen LogP contribution is 2.37. The third-order valence-corrected chi connectivity index (χ3v) is 3.24. The van der Waals surface area contributed by atoms with E-state index in [9.17, 15) is 4.79 Å². The van der Waals surface area contributed by atoms with Crippen LogP contribution in [0.3, 0.4) is 0 Å². The molecule has 0 heterocycles. The molecule has 0 unspecified atom stereocenters. The van der Waals surface area contributed by atoms with Crippen LogP contribution in [0.15, 0.2) is 16.6 Å². The Labute approximate surface area is 120 Å². The number of hydrogen-bond donors (Lipinski definition) is 2. The number of amides is 1. The molecule has 1 rings (SSSR count). The first-order valence-electron chi connectivity index (χ1n) is 5.37. The van der Waals surface area contributed by atoms with Crippen LogP contribution in [0.4, 0.5) is 0 Å². The molecule has 1 aromatic rings. The summed E-state index contributed by atoms with van der Waals surface area (Å²) in [6.07, 6.45) is 0. The van der Waals surface area contributed by atoms with E-state index in [0.29, 0.717) is 15.2 Å². The number of benzene rings is 1. The van der Waals surface area contributed by atoms with E-state index in [-0.39, 0.29) is 12.0 Å². The highest BCUT2D eigenvalue weighted by atomic mass is 79.9. The lowest BCUT2D eigenvalue weighted by Crippen LogP contribution is -2.34. The first kappa shape index (κ1) is 15.3. The summed E-state index contributed by atoms with van der Waals surface area (Å²) in [5.74, 6) is 4.99. The van der Waals surface area contributed by atoms with Gasteiger partial charge in [-0.05, 0) is 39.0 Å². The van der Waals surface area contributed by atoms with Gasteiger partial charge in [-0.2, -0.15) is 0 Å². The molecule has 6 heteroatoms. The van der Waals surface area contributed by atoms with Crippen LogP contribution >= 0.6 is 27.5 Å². The van der Waals surface area contributed by atoms with Crippen LogP contribution in [-0.2, 0) is 10.2 Å². The minimum absolute atomic E-state index is 0.0146. The summed E-state index contributed by atoms with van der Waals surface area (Å²) in [6.45, 7) is 6.10. The molecule has 0 saturated heterocycles. The Morgan fingerprint density at radius 2 is 2.11 bits per heavy atom. The van der Waals surface area contributed by atoms with E-state index in [1.54, 1.807) is 0 Å². The Balaban J connectivity index is 2.98. The highest BCUT2D eigenvalue weighted by molar-refractivity contribution is 9.10. The monoisotopic (exact) mass is 334 g/mol. The topological polar surface area (TPSA) is 64.3 Å². The van der Waals surface area contributed by atoms with Crippen LogP contribution in [0.5, 0.6) is 5.75 Å². The maximum Gasteiger partial charge on any atom is 0.271 e. The number of rotatable bonds is 3. The van der Waals surface area contributed by atoms with Crippen molar-refractivity contribution in [3.8, 4) is 5.75 Å². The molecule has 18 heavy (non-hydrogen) atoms. The van der Waals surface area contributed by atoms with E-state index in [4.69, 9.17) is 22.2 Å². The van der Waals surface area contributed by atoms with Crippen molar-refractivity contribution in [3.05, 3.63) is 27.2 Å². The third kappa shape index (κ3) is 3.86. The van der Waals surface area contributed by atoms with Gasteiger partial charge in [0.15, 0.2) is 12.4 Å². The lowest BCUT2D eigenvalue weighted by Gasteiger charge is -2.21. The highest BCUT2D eigenvalue weighted by Gasteiger charge is 2.18. The van der Waals surface area contributed by atoms with Crippen molar-refractivity contribution in [1.29, 1.82) is 0 Å². The Hall–Kier alpha value is -0.780. The molecule has 0 aliphatic rings. The van der Waals surface area contributed by atoms with Gasteiger partial charge in [0.1, 0.15) is 0 Å². The van der Waals surface area contributed by atoms with Crippen molar-refractivity contribution in [2.45, 2.75) is 26.2 Å². The van der Waals surface area contributed by atoms with Crippen molar-refractivity contribution in [2.24, 2.45) is 5.84 Å². The van der Waals surface area contributed by atoms with Crippen LogP contribution in [0.2, 0.25) is 5.02 Å².